The molecule has 1 aliphatic heterocycles. The molecule has 2 aromatic heterocycles. The highest BCUT2D eigenvalue weighted by molar-refractivity contribution is 5.84. The van der Waals surface area contributed by atoms with Gasteiger partial charge in [0.1, 0.15) is 6.10 Å². The number of amides is 2. The number of halogens is 1. The van der Waals surface area contributed by atoms with Crippen LogP contribution in [0.5, 0.6) is 0 Å². The maximum atomic E-state index is 13.5. The molecule has 2 N–H and O–H groups in total. The largest absolute Gasteiger partial charge is 0.453 e. The summed E-state index contributed by atoms with van der Waals surface area (Å²) in [5, 5.41) is 11.7. The smallest absolute Gasteiger partial charge is 0.406 e. The molecule has 2 aromatic rings. The highest BCUT2D eigenvalue weighted by Gasteiger charge is 2.41. The molecule has 1 aliphatic carbocycles. The van der Waals surface area contributed by atoms with Gasteiger partial charge in [-0.15, -0.1) is 0 Å². The maximum Gasteiger partial charge on any atom is 0.406 e. The normalized spacial score (nSPS) is 21.0. The van der Waals surface area contributed by atoms with Crippen LogP contribution in [0, 0.1) is 6.92 Å². The molecular weight excluding hydrogens is 455 g/mol. The molecule has 1 saturated heterocycles. The molecule has 0 aromatic carbocycles. The van der Waals surface area contributed by atoms with Crippen molar-refractivity contribution in [1.82, 2.24) is 30.3 Å². The minimum absolute atomic E-state index is 0.0570. The second-order valence-corrected chi connectivity index (χ2v) is 9.26. The Hall–Kier alpha value is -2.79. The van der Waals surface area contributed by atoms with Crippen LogP contribution in [0.3, 0.4) is 0 Å². The Balaban J connectivity index is 1.52. The summed E-state index contributed by atoms with van der Waals surface area (Å²) >= 11 is 0. The topological polar surface area (TPSA) is 111 Å². The first-order valence-corrected chi connectivity index (χ1v) is 12.3. The number of alkyl halides is 1. The first kappa shape index (κ1) is 25.3. The summed E-state index contributed by atoms with van der Waals surface area (Å²) in [7, 11) is 1.33. The Morgan fingerprint density at radius 2 is 2.20 bits per heavy atom. The van der Waals surface area contributed by atoms with E-state index in [0.29, 0.717) is 39.1 Å². The molecule has 2 fully saturated rings. The molecule has 11 heteroatoms. The standard InChI is InChI=1S/C24H35FN6O4/c1-15-5-8-19-21(29-30(22(19)28-15)12-4-11-26-24(33)34-3)16(2)31(18-6-7-18)23(32)20-13-27-17(9-10-25)14-35-20/h5,8,16-18,20,27H,4,6-7,9-14H2,1-3H3,(H,26,33)/t16-,17+,20-/m1/s1. The number of pyridine rings is 1. The van der Waals surface area contributed by atoms with Crippen LogP contribution >= 0.6 is 0 Å². The van der Waals surface area contributed by atoms with Crippen LogP contribution in [0.15, 0.2) is 12.1 Å². The zero-order valence-electron chi connectivity index (χ0n) is 20.6. The van der Waals surface area contributed by atoms with Gasteiger partial charge in [0.15, 0.2) is 5.65 Å². The predicted molar refractivity (Wildman–Crippen MR) is 128 cm³/mol. The monoisotopic (exact) mass is 490 g/mol. The number of alkyl carbamates (subject to hydrolysis) is 1. The maximum absolute atomic E-state index is 13.5. The van der Waals surface area contributed by atoms with E-state index in [-0.39, 0.29) is 24.0 Å². The minimum atomic E-state index is -0.591. The highest BCUT2D eigenvalue weighted by Crippen LogP contribution is 2.37. The summed E-state index contributed by atoms with van der Waals surface area (Å²) < 4.78 is 25.0. The number of rotatable bonds is 10. The number of aromatic nitrogens is 3. The van der Waals surface area contributed by atoms with Crippen molar-refractivity contribution in [3.8, 4) is 0 Å². The van der Waals surface area contributed by atoms with Crippen molar-refractivity contribution in [3.05, 3.63) is 23.5 Å². The molecule has 35 heavy (non-hydrogen) atoms. The van der Waals surface area contributed by atoms with E-state index in [0.717, 1.165) is 35.3 Å². The van der Waals surface area contributed by atoms with E-state index >= 15 is 0 Å². The van der Waals surface area contributed by atoms with Gasteiger partial charge in [-0.2, -0.15) is 5.10 Å². The number of nitrogens with one attached hydrogen (secondary N) is 2. The zero-order valence-corrected chi connectivity index (χ0v) is 20.6. The average molecular weight is 491 g/mol. The van der Waals surface area contributed by atoms with Crippen molar-refractivity contribution in [1.29, 1.82) is 0 Å². The van der Waals surface area contributed by atoms with Gasteiger partial charge in [-0.3, -0.25) is 9.18 Å². The first-order chi connectivity index (χ1) is 16.9. The molecule has 0 unspecified atom stereocenters. The average Bonchev–Trinajstić information content (AvgIpc) is 3.63. The second-order valence-electron chi connectivity index (χ2n) is 9.26. The number of fused-ring (bicyclic) bond motifs is 1. The molecular formula is C24H35FN6O4. The number of hydrogen-bond donors (Lipinski definition) is 2. The Labute approximate surface area is 204 Å². The van der Waals surface area contributed by atoms with Crippen molar-refractivity contribution in [2.45, 2.75) is 70.3 Å². The summed E-state index contributed by atoms with van der Waals surface area (Å²) in [4.78, 5) is 31.5. The van der Waals surface area contributed by atoms with Crippen LogP contribution < -0.4 is 10.6 Å². The van der Waals surface area contributed by atoms with Gasteiger partial charge in [0.25, 0.3) is 5.91 Å². The van der Waals surface area contributed by atoms with Crippen molar-refractivity contribution < 1.29 is 23.5 Å². The van der Waals surface area contributed by atoms with E-state index in [1.54, 1.807) is 0 Å². The van der Waals surface area contributed by atoms with Gasteiger partial charge in [-0.05, 0) is 51.7 Å². The third kappa shape index (κ3) is 5.90. The molecule has 3 atom stereocenters. The van der Waals surface area contributed by atoms with Gasteiger partial charge < -0.3 is 25.0 Å². The van der Waals surface area contributed by atoms with E-state index in [2.05, 4.69) is 15.4 Å². The van der Waals surface area contributed by atoms with Gasteiger partial charge in [0.2, 0.25) is 0 Å². The number of ether oxygens (including phenoxy) is 2. The Bertz CT molecular complexity index is 1030. The Kier molecular flexibility index (Phi) is 8.17. The van der Waals surface area contributed by atoms with E-state index in [9.17, 15) is 14.0 Å². The molecule has 2 amide bonds. The Morgan fingerprint density at radius 1 is 1.40 bits per heavy atom. The number of carbonyl (C=O) groups is 2. The second kappa shape index (κ2) is 11.3. The van der Waals surface area contributed by atoms with E-state index in [1.807, 2.05) is 35.6 Å². The fourth-order valence-electron chi connectivity index (χ4n) is 4.56. The lowest BCUT2D eigenvalue weighted by Gasteiger charge is -2.35. The fourth-order valence-corrected chi connectivity index (χ4v) is 4.56. The van der Waals surface area contributed by atoms with Gasteiger partial charge >= 0.3 is 6.09 Å². The number of carbonyl (C=O) groups excluding carboxylic acids is 2. The quantitative estimate of drug-likeness (QED) is 0.492. The summed E-state index contributed by atoms with van der Waals surface area (Å²) in [5.74, 6) is -0.0590. The van der Waals surface area contributed by atoms with Crippen LogP contribution in [-0.4, -0.2) is 83.3 Å². The molecule has 0 spiro atoms. The summed E-state index contributed by atoms with van der Waals surface area (Å²) in [6, 6.07) is 3.80. The summed E-state index contributed by atoms with van der Waals surface area (Å²) in [5.41, 5.74) is 2.44. The van der Waals surface area contributed by atoms with Crippen LogP contribution in [0.2, 0.25) is 0 Å². The molecule has 3 heterocycles. The van der Waals surface area contributed by atoms with Crippen LogP contribution in [-0.2, 0) is 20.8 Å². The summed E-state index contributed by atoms with van der Waals surface area (Å²) in [6.45, 7) is 5.24. The number of aryl methyl sites for hydroxylation is 2. The highest BCUT2D eigenvalue weighted by atomic mass is 19.1. The van der Waals surface area contributed by atoms with Gasteiger partial charge in [-0.1, -0.05) is 0 Å². The van der Waals surface area contributed by atoms with Crippen LogP contribution in [0.25, 0.3) is 11.0 Å². The van der Waals surface area contributed by atoms with Crippen LogP contribution in [0.1, 0.15) is 50.0 Å². The third-order valence-electron chi connectivity index (χ3n) is 6.60. The van der Waals surface area contributed by atoms with Gasteiger partial charge in [0, 0.05) is 42.8 Å². The molecule has 2 aliphatic rings. The molecule has 1 saturated carbocycles. The third-order valence-corrected chi connectivity index (χ3v) is 6.60. The van der Waals surface area contributed by atoms with E-state index in [4.69, 9.17) is 14.8 Å². The van der Waals surface area contributed by atoms with Crippen molar-refractivity contribution in [2.24, 2.45) is 0 Å². The number of morpholine rings is 1. The van der Waals surface area contributed by atoms with Crippen molar-refractivity contribution >= 4 is 23.0 Å². The van der Waals surface area contributed by atoms with Gasteiger partial charge in [0.05, 0.1) is 32.1 Å². The lowest BCUT2D eigenvalue weighted by atomic mass is 10.1. The van der Waals surface area contributed by atoms with Crippen molar-refractivity contribution in [3.63, 3.8) is 0 Å². The number of nitrogens with zero attached hydrogens (tertiary/aromatic N) is 4. The molecule has 0 bridgehead atoms. The van der Waals surface area contributed by atoms with E-state index in [1.165, 1.54) is 7.11 Å². The van der Waals surface area contributed by atoms with Crippen molar-refractivity contribution in [2.75, 3.05) is 33.5 Å². The molecule has 0 radical (unpaired) electrons. The number of hydrogen-bond acceptors (Lipinski definition) is 7. The Morgan fingerprint density at radius 3 is 2.86 bits per heavy atom. The predicted octanol–water partition coefficient (Wildman–Crippen LogP) is 2.25. The van der Waals surface area contributed by atoms with Gasteiger partial charge in [-0.25, -0.2) is 14.5 Å². The SMILES string of the molecule is COC(=O)NCCCn1nc([C@@H](C)N(C(=O)[C@H]2CN[C@@H](CCF)CO2)C2CC2)c2ccc(C)nc21. The summed E-state index contributed by atoms with van der Waals surface area (Å²) in [6.07, 6.45) is 1.89. The fraction of sp³-hybridized carbons (Fsp3) is 0.667. The first-order valence-electron chi connectivity index (χ1n) is 12.3. The lowest BCUT2D eigenvalue weighted by Crippen LogP contribution is -2.54. The number of methoxy groups -OCH3 is 1. The van der Waals surface area contributed by atoms with E-state index < -0.39 is 18.9 Å². The molecule has 4 rings (SSSR count). The lowest BCUT2D eigenvalue weighted by molar-refractivity contribution is -0.149. The zero-order chi connectivity index (χ0) is 24.9. The molecule has 192 valence electrons. The van der Waals surface area contributed by atoms with Crippen LogP contribution in [0.4, 0.5) is 9.18 Å². The molecule has 10 nitrogen and oxygen atoms in total. The minimum Gasteiger partial charge on any atom is -0.453 e.